The predicted octanol–water partition coefficient (Wildman–Crippen LogP) is 24.4. The molecule has 121 heavy (non-hydrogen) atoms. The Balaban J connectivity index is 0.000000111. The van der Waals surface area contributed by atoms with Gasteiger partial charge in [0.05, 0.1) is 56.8 Å². The van der Waals surface area contributed by atoms with Crippen molar-refractivity contribution in [1.29, 1.82) is 0 Å². The van der Waals surface area contributed by atoms with Gasteiger partial charge in [0.2, 0.25) is 0 Å². The summed E-state index contributed by atoms with van der Waals surface area (Å²) in [4.78, 5) is 63.3. The van der Waals surface area contributed by atoms with Gasteiger partial charge < -0.3 is 23.4 Å². The van der Waals surface area contributed by atoms with E-state index in [2.05, 4.69) is 75.3 Å². The highest BCUT2D eigenvalue weighted by molar-refractivity contribution is 7.17. The van der Waals surface area contributed by atoms with Crippen LogP contribution in [0.1, 0.15) is 0 Å². The molecule has 12 heterocycles. The number of benzene rings is 9. The molecule has 0 aliphatic heterocycles. The summed E-state index contributed by atoms with van der Waals surface area (Å²) in [6.45, 7) is 0. The number of fused-ring (bicyclic) bond motifs is 5. The van der Waals surface area contributed by atoms with Crippen LogP contribution in [0.3, 0.4) is 0 Å². The number of aromatic nitrogens is 13. The Morgan fingerprint density at radius 3 is 1.04 bits per heavy atom. The molecule has 0 aliphatic rings. The highest BCUT2D eigenvalue weighted by Gasteiger charge is 2.21. The first-order valence-electron chi connectivity index (χ1n) is 38.7. The van der Waals surface area contributed by atoms with Crippen LogP contribution in [0.5, 0.6) is 23.0 Å². The van der Waals surface area contributed by atoms with E-state index in [9.17, 15) is 0 Å². The second-order valence-electron chi connectivity index (χ2n) is 27.7. The molecule has 21 rings (SSSR count). The summed E-state index contributed by atoms with van der Waals surface area (Å²) >= 11 is 3.43. The zero-order valence-corrected chi connectivity index (χ0v) is 67.4. The molecule has 12 aromatic heterocycles. The third-order valence-corrected chi connectivity index (χ3v) is 21.9. The number of hydrogen-bond acceptors (Lipinski definition) is 20. The van der Waals surface area contributed by atoms with Gasteiger partial charge in [-0.05, 0) is 114 Å². The Morgan fingerprint density at radius 1 is 0.273 bits per heavy atom. The van der Waals surface area contributed by atoms with E-state index in [0.717, 1.165) is 168 Å². The Hall–Kier alpha value is -15.8. The van der Waals surface area contributed by atoms with E-state index in [1.165, 1.54) is 20.5 Å². The van der Waals surface area contributed by atoms with Crippen molar-refractivity contribution in [3.63, 3.8) is 0 Å². The standard InChI is InChI=1S/C28H19N3OS.C25H18N4O.C24H17N3O2.C24H17N3OS/c1-32-21-11-7-10-19(14-21)28-30-24-15-20(23-17-33-25-13-6-5-12-22(23)25)16-29-27(24)26(31-28)18-8-3-2-4-9-18;1-30-21-11-5-9-18(13-21)25-28-22-14-20(19-10-6-12-26-15-19)16-27-24(22)23(29-25)17-7-3-2-4-8-17;2*1-28-19-10-5-9-17(13-19)24-26-20-14-18(21-11-6-12-29-21)15-25-23(20)22(27-24)16-7-3-2-4-8-16/h2-17H,1H3;2-16H,1H3;2*2-15H,1H3. The first-order valence-corrected chi connectivity index (χ1v) is 40.5. The minimum absolute atomic E-state index is 0.619. The van der Waals surface area contributed by atoms with Crippen molar-refractivity contribution >= 4 is 76.9 Å². The van der Waals surface area contributed by atoms with Crippen LogP contribution in [0.2, 0.25) is 0 Å². The van der Waals surface area contributed by atoms with Crippen LogP contribution in [0.25, 0.3) is 189 Å². The first-order chi connectivity index (χ1) is 59.7. The largest absolute Gasteiger partial charge is 0.497 e. The lowest BCUT2D eigenvalue weighted by atomic mass is 10.0. The monoisotopic (exact) mass is 1610 g/mol. The first kappa shape index (κ1) is 76.5. The number of pyridine rings is 5. The molecule has 0 spiro atoms. The summed E-state index contributed by atoms with van der Waals surface area (Å²) in [5, 5.41) is 5.49. The van der Waals surface area contributed by atoms with Gasteiger partial charge in [0.15, 0.2) is 23.3 Å². The molecule has 0 radical (unpaired) electrons. The molecule has 0 atom stereocenters. The summed E-state index contributed by atoms with van der Waals surface area (Å²) in [5.74, 6) is 6.37. The molecule has 0 aliphatic carbocycles. The average molecular weight is 1610 g/mol. The number of hydrogen-bond donors (Lipinski definition) is 0. The summed E-state index contributed by atoms with van der Waals surface area (Å²) in [6.07, 6.45) is 12.7. The number of nitrogens with zero attached hydrogens (tertiary/aromatic N) is 13. The molecule has 0 N–H and O–H groups in total. The fourth-order valence-electron chi connectivity index (χ4n) is 14.0. The van der Waals surface area contributed by atoms with Crippen molar-refractivity contribution in [1.82, 2.24) is 64.8 Å². The van der Waals surface area contributed by atoms with Gasteiger partial charge >= 0.3 is 0 Å². The fraction of sp³-hybridized carbons (Fsp3) is 0.0396. The SMILES string of the molecule is COc1cccc(-c2nc(-c3ccccc3)c3ncc(-c4cccnc4)cc3n2)c1.COc1cccc(-c2nc(-c3ccccc3)c3ncc(-c4ccco4)cc3n2)c1.COc1cccc(-c2nc(-c3ccccc3)c3ncc(-c4cccs4)cc3n2)c1.COc1cccc(-c2nc(-c3ccccc3)c3ncc(-c4csc5ccccc45)cc3n2)c1. The molecule has 20 heteroatoms. The van der Waals surface area contributed by atoms with E-state index in [4.69, 9.17) is 78.2 Å². The minimum Gasteiger partial charge on any atom is -0.497 e. The Bertz CT molecular complexity index is 7020. The van der Waals surface area contributed by atoms with E-state index in [0.29, 0.717) is 23.3 Å². The highest BCUT2D eigenvalue weighted by atomic mass is 32.1. The van der Waals surface area contributed by atoms with Crippen molar-refractivity contribution in [3.8, 4) is 158 Å². The lowest BCUT2D eigenvalue weighted by Gasteiger charge is -2.10. The molecule has 582 valence electrons. The van der Waals surface area contributed by atoms with Crippen molar-refractivity contribution in [2.75, 3.05) is 28.4 Å². The van der Waals surface area contributed by atoms with Gasteiger partial charge in [-0.15, -0.1) is 22.7 Å². The molecular formula is C101H71N13O5S2. The summed E-state index contributed by atoms with van der Waals surface area (Å²) in [7, 11) is 6.62. The van der Waals surface area contributed by atoms with Crippen molar-refractivity contribution in [2.45, 2.75) is 0 Å². The number of thiophene rings is 2. The molecule has 21 aromatic rings. The lowest BCUT2D eigenvalue weighted by molar-refractivity contribution is 0.415. The maximum Gasteiger partial charge on any atom is 0.160 e. The zero-order chi connectivity index (χ0) is 81.8. The number of ether oxygens (including phenoxy) is 4. The molecule has 0 fully saturated rings. The Labute approximate surface area is 704 Å². The van der Waals surface area contributed by atoms with Gasteiger partial charge in [-0.3, -0.25) is 24.9 Å². The van der Waals surface area contributed by atoms with E-state index >= 15 is 0 Å². The average Bonchev–Trinajstić information content (AvgIpc) is 1.71. The van der Waals surface area contributed by atoms with E-state index in [1.807, 2.05) is 274 Å². The minimum atomic E-state index is 0.619. The van der Waals surface area contributed by atoms with E-state index < -0.39 is 0 Å². The van der Waals surface area contributed by atoms with Gasteiger partial charge in [0.1, 0.15) is 73.6 Å². The topological polar surface area (TPSA) is 218 Å². The molecule has 9 aromatic carbocycles. The molecule has 0 unspecified atom stereocenters. The van der Waals surface area contributed by atoms with Crippen LogP contribution >= 0.6 is 22.7 Å². The normalized spacial score (nSPS) is 11.0. The van der Waals surface area contributed by atoms with Gasteiger partial charge in [-0.2, -0.15) is 0 Å². The molecular weight excluding hydrogens is 1540 g/mol. The summed E-state index contributed by atoms with van der Waals surface area (Å²) < 4.78 is 28.3. The summed E-state index contributed by atoms with van der Waals surface area (Å²) in [5.41, 5.74) is 23.2. The van der Waals surface area contributed by atoms with Crippen LogP contribution in [-0.2, 0) is 0 Å². The second kappa shape index (κ2) is 35.4. The van der Waals surface area contributed by atoms with E-state index in [-0.39, 0.29) is 0 Å². The number of methoxy groups -OCH3 is 4. The van der Waals surface area contributed by atoms with Crippen molar-refractivity contribution in [2.24, 2.45) is 0 Å². The maximum absolute atomic E-state index is 5.53. The number of furan rings is 1. The molecule has 18 nitrogen and oxygen atoms in total. The van der Waals surface area contributed by atoms with Crippen molar-refractivity contribution < 1.29 is 23.4 Å². The molecule has 0 saturated heterocycles. The van der Waals surface area contributed by atoms with Crippen LogP contribution in [-0.4, -0.2) is 93.2 Å². The van der Waals surface area contributed by atoms with Gasteiger partial charge in [-0.25, -0.2) is 39.9 Å². The second-order valence-corrected chi connectivity index (χ2v) is 29.5. The predicted molar refractivity (Wildman–Crippen MR) is 484 cm³/mol. The molecule has 0 bridgehead atoms. The van der Waals surface area contributed by atoms with Gasteiger partial charge in [-0.1, -0.05) is 200 Å². The van der Waals surface area contributed by atoms with Crippen LogP contribution < -0.4 is 18.9 Å². The Morgan fingerprint density at radius 2 is 0.645 bits per heavy atom. The maximum atomic E-state index is 5.53. The third kappa shape index (κ3) is 16.9. The smallest absolute Gasteiger partial charge is 0.160 e. The van der Waals surface area contributed by atoms with Gasteiger partial charge in [0.25, 0.3) is 0 Å². The third-order valence-electron chi connectivity index (χ3n) is 20.0. The van der Waals surface area contributed by atoms with Crippen LogP contribution in [0.15, 0.2) is 362 Å². The fourth-order valence-corrected chi connectivity index (χ4v) is 15.7. The van der Waals surface area contributed by atoms with E-state index in [1.54, 1.807) is 69.8 Å². The zero-order valence-electron chi connectivity index (χ0n) is 65.7. The summed E-state index contributed by atoms with van der Waals surface area (Å²) in [6, 6.07) is 100.0. The van der Waals surface area contributed by atoms with Crippen LogP contribution in [0, 0.1) is 0 Å². The van der Waals surface area contributed by atoms with Crippen LogP contribution in [0.4, 0.5) is 0 Å². The number of rotatable bonds is 16. The van der Waals surface area contributed by atoms with Crippen molar-refractivity contribution in [3.05, 3.63) is 358 Å². The molecule has 0 amide bonds. The lowest BCUT2D eigenvalue weighted by Crippen LogP contribution is -1.97. The molecule has 0 saturated carbocycles. The van der Waals surface area contributed by atoms with Gasteiger partial charge in [0, 0.05) is 130 Å². The highest BCUT2D eigenvalue weighted by Crippen LogP contribution is 2.40. The Kier molecular flexibility index (Phi) is 22.4. The quantitative estimate of drug-likeness (QED) is 0.0878.